The lowest BCUT2D eigenvalue weighted by molar-refractivity contribution is 0.299. The molecule has 2 aromatic rings. The van der Waals surface area contributed by atoms with Crippen molar-refractivity contribution in [2.75, 3.05) is 6.61 Å². The van der Waals surface area contributed by atoms with Crippen LogP contribution in [0.1, 0.15) is 76.7 Å². The number of unbranched alkanes of at least 4 members (excludes halogenated alkanes) is 2. The fourth-order valence-electron chi connectivity index (χ4n) is 4.30. The van der Waals surface area contributed by atoms with Crippen LogP contribution in [0.2, 0.25) is 0 Å². The van der Waals surface area contributed by atoms with Crippen LogP contribution in [0.3, 0.4) is 0 Å². The molecule has 0 spiro atoms. The highest BCUT2D eigenvalue weighted by molar-refractivity contribution is 5.85. The summed E-state index contributed by atoms with van der Waals surface area (Å²) in [5.41, 5.74) is 0.920. The van der Waals surface area contributed by atoms with Crippen LogP contribution >= 0.6 is 0 Å². The Hall–Kier alpha value is -1.57. The maximum absolute atomic E-state index is 15.1. The van der Waals surface area contributed by atoms with E-state index in [9.17, 15) is 0 Å². The SMILES string of the molecule is CCCCCC1CCC(c2ccc3cc(OCC)ccc3c2F)CC1. The molecule has 3 rings (SSSR count). The Bertz CT molecular complexity index is 686. The largest absolute Gasteiger partial charge is 0.494 e. The van der Waals surface area contributed by atoms with Crippen molar-refractivity contribution in [3.8, 4) is 5.75 Å². The first kappa shape index (κ1) is 18.2. The van der Waals surface area contributed by atoms with Gasteiger partial charge in [0.25, 0.3) is 0 Å². The maximum atomic E-state index is 15.1. The number of hydrogen-bond donors (Lipinski definition) is 0. The van der Waals surface area contributed by atoms with Crippen LogP contribution < -0.4 is 4.74 Å². The molecule has 0 aromatic heterocycles. The van der Waals surface area contributed by atoms with Gasteiger partial charge < -0.3 is 4.74 Å². The van der Waals surface area contributed by atoms with Crippen LogP contribution in [0, 0.1) is 11.7 Å². The van der Waals surface area contributed by atoms with Crippen molar-refractivity contribution >= 4 is 10.8 Å². The zero-order valence-electron chi connectivity index (χ0n) is 15.7. The molecule has 2 aromatic carbocycles. The van der Waals surface area contributed by atoms with Crippen molar-refractivity contribution in [3.05, 3.63) is 41.7 Å². The van der Waals surface area contributed by atoms with Gasteiger partial charge >= 0.3 is 0 Å². The second kappa shape index (κ2) is 8.69. The molecule has 0 unspecified atom stereocenters. The summed E-state index contributed by atoms with van der Waals surface area (Å²) < 4.78 is 20.6. The van der Waals surface area contributed by atoms with E-state index < -0.39 is 0 Å². The molecule has 1 saturated carbocycles. The number of halogens is 1. The molecule has 0 heterocycles. The summed E-state index contributed by atoms with van der Waals surface area (Å²) in [5.74, 6) is 2.04. The number of benzene rings is 2. The fraction of sp³-hybridized carbons (Fsp3) is 0.565. The first-order valence-corrected chi connectivity index (χ1v) is 10.1. The minimum atomic E-state index is -0.0185. The third-order valence-corrected chi connectivity index (χ3v) is 5.77. The van der Waals surface area contributed by atoms with Crippen LogP contribution in [0.15, 0.2) is 30.3 Å². The Kier molecular flexibility index (Phi) is 6.34. The summed E-state index contributed by atoms with van der Waals surface area (Å²) in [7, 11) is 0. The lowest BCUT2D eigenvalue weighted by Crippen LogP contribution is -2.14. The second-order valence-electron chi connectivity index (χ2n) is 7.50. The number of ether oxygens (including phenoxy) is 1. The molecule has 0 bridgehead atoms. The van der Waals surface area contributed by atoms with Gasteiger partial charge in [-0.2, -0.15) is 0 Å². The number of rotatable bonds is 7. The normalized spacial score (nSPS) is 20.8. The Balaban J connectivity index is 1.70. The molecule has 1 nitrogen and oxygen atoms in total. The molecule has 25 heavy (non-hydrogen) atoms. The van der Waals surface area contributed by atoms with Gasteiger partial charge in [-0.15, -0.1) is 0 Å². The van der Waals surface area contributed by atoms with Gasteiger partial charge in [0.05, 0.1) is 6.61 Å². The highest BCUT2D eigenvalue weighted by Gasteiger charge is 2.24. The van der Waals surface area contributed by atoms with Crippen molar-refractivity contribution in [2.45, 2.75) is 71.1 Å². The zero-order valence-corrected chi connectivity index (χ0v) is 15.7. The van der Waals surface area contributed by atoms with E-state index in [0.717, 1.165) is 40.8 Å². The predicted octanol–water partition coefficient (Wildman–Crippen LogP) is 7.23. The predicted molar refractivity (Wildman–Crippen MR) is 104 cm³/mol. The van der Waals surface area contributed by atoms with Gasteiger partial charge in [-0.25, -0.2) is 4.39 Å². The van der Waals surface area contributed by atoms with Crippen LogP contribution in [0.5, 0.6) is 5.75 Å². The second-order valence-corrected chi connectivity index (χ2v) is 7.50. The first-order valence-electron chi connectivity index (χ1n) is 10.1. The highest BCUT2D eigenvalue weighted by Crippen LogP contribution is 2.40. The minimum absolute atomic E-state index is 0.0185. The molecule has 0 amide bonds. The van der Waals surface area contributed by atoms with E-state index in [0.29, 0.717) is 12.5 Å². The highest BCUT2D eigenvalue weighted by atomic mass is 19.1. The van der Waals surface area contributed by atoms with Gasteiger partial charge in [-0.05, 0) is 73.6 Å². The average Bonchev–Trinajstić information content (AvgIpc) is 2.63. The Labute approximate surface area is 151 Å². The first-order chi connectivity index (χ1) is 12.2. The number of hydrogen-bond acceptors (Lipinski definition) is 1. The molecular formula is C23H31FO. The molecule has 0 radical (unpaired) electrons. The van der Waals surface area contributed by atoms with E-state index in [1.165, 1.54) is 38.5 Å². The van der Waals surface area contributed by atoms with Gasteiger partial charge in [0, 0.05) is 5.39 Å². The van der Waals surface area contributed by atoms with Crippen molar-refractivity contribution in [1.82, 2.24) is 0 Å². The summed E-state index contributed by atoms with van der Waals surface area (Å²) in [6.07, 6.45) is 10.2. The standard InChI is InChI=1S/C23H31FO/c1-3-5-6-7-17-8-10-18(11-9-17)21-14-12-19-16-20(25-4-2)13-15-22(19)23(21)24/h12-18H,3-11H2,1-2H3. The van der Waals surface area contributed by atoms with Crippen molar-refractivity contribution < 1.29 is 9.13 Å². The number of fused-ring (bicyclic) bond motifs is 1. The average molecular weight is 342 g/mol. The summed E-state index contributed by atoms with van der Waals surface area (Å²) in [6.45, 7) is 4.86. The van der Waals surface area contributed by atoms with Crippen molar-refractivity contribution in [1.29, 1.82) is 0 Å². The topological polar surface area (TPSA) is 9.23 Å². The van der Waals surface area contributed by atoms with E-state index in [-0.39, 0.29) is 5.82 Å². The summed E-state index contributed by atoms with van der Waals surface area (Å²) in [6, 6.07) is 9.76. The summed E-state index contributed by atoms with van der Waals surface area (Å²) in [5, 5.41) is 1.66. The molecule has 2 heteroatoms. The molecule has 0 saturated heterocycles. The molecular weight excluding hydrogens is 311 g/mol. The minimum Gasteiger partial charge on any atom is -0.494 e. The van der Waals surface area contributed by atoms with E-state index in [1.807, 2.05) is 31.2 Å². The van der Waals surface area contributed by atoms with Gasteiger partial charge in [-0.3, -0.25) is 0 Å². The van der Waals surface area contributed by atoms with Crippen molar-refractivity contribution in [3.63, 3.8) is 0 Å². The van der Waals surface area contributed by atoms with E-state index in [2.05, 4.69) is 13.0 Å². The summed E-state index contributed by atoms with van der Waals surface area (Å²) in [4.78, 5) is 0. The molecule has 1 fully saturated rings. The summed E-state index contributed by atoms with van der Waals surface area (Å²) >= 11 is 0. The smallest absolute Gasteiger partial charge is 0.134 e. The molecule has 1 aliphatic carbocycles. The lowest BCUT2D eigenvalue weighted by Gasteiger charge is -2.29. The van der Waals surface area contributed by atoms with E-state index >= 15 is 4.39 Å². The van der Waals surface area contributed by atoms with Crippen molar-refractivity contribution in [2.24, 2.45) is 5.92 Å². The lowest BCUT2D eigenvalue weighted by atomic mass is 9.76. The molecule has 1 aliphatic rings. The van der Waals surface area contributed by atoms with E-state index in [4.69, 9.17) is 4.74 Å². The van der Waals surface area contributed by atoms with Gasteiger partial charge in [0.1, 0.15) is 11.6 Å². The Morgan fingerprint density at radius 1 is 1.00 bits per heavy atom. The molecule has 0 N–H and O–H groups in total. The monoisotopic (exact) mass is 342 g/mol. The molecule has 0 aliphatic heterocycles. The van der Waals surface area contributed by atoms with Crippen LogP contribution in [-0.4, -0.2) is 6.61 Å². The van der Waals surface area contributed by atoms with Crippen LogP contribution in [0.25, 0.3) is 10.8 Å². The third-order valence-electron chi connectivity index (χ3n) is 5.77. The third kappa shape index (κ3) is 4.34. The van der Waals surface area contributed by atoms with Gasteiger partial charge in [0.15, 0.2) is 0 Å². The van der Waals surface area contributed by atoms with Gasteiger partial charge in [-0.1, -0.05) is 44.7 Å². The molecule has 0 atom stereocenters. The van der Waals surface area contributed by atoms with Gasteiger partial charge in [0.2, 0.25) is 0 Å². The quantitative estimate of drug-likeness (QED) is 0.482. The Morgan fingerprint density at radius 3 is 2.52 bits per heavy atom. The van der Waals surface area contributed by atoms with Crippen LogP contribution in [0.4, 0.5) is 4.39 Å². The Morgan fingerprint density at radius 2 is 1.80 bits per heavy atom. The fourth-order valence-corrected chi connectivity index (χ4v) is 4.30. The molecule has 136 valence electrons. The van der Waals surface area contributed by atoms with E-state index in [1.54, 1.807) is 0 Å². The zero-order chi connectivity index (χ0) is 17.6. The van der Waals surface area contributed by atoms with Crippen LogP contribution in [-0.2, 0) is 0 Å². The maximum Gasteiger partial charge on any atom is 0.134 e.